The van der Waals surface area contributed by atoms with Crippen LogP contribution in [0.1, 0.15) is 6.42 Å². The van der Waals surface area contributed by atoms with Gasteiger partial charge in [-0.2, -0.15) is 0 Å². The maximum absolute atomic E-state index is 10.9. The first-order valence-electron chi connectivity index (χ1n) is 4.45. The van der Waals surface area contributed by atoms with E-state index in [2.05, 4.69) is 10.1 Å². The molecule has 5 heteroatoms. The van der Waals surface area contributed by atoms with E-state index >= 15 is 0 Å². The van der Waals surface area contributed by atoms with E-state index in [-0.39, 0.29) is 12.7 Å². The van der Waals surface area contributed by atoms with Crippen molar-refractivity contribution in [1.82, 2.24) is 10.2 Å². The van der Waals surface area contributed by atoms with Crippen LogP contribution >= 0.6 is 0 Å². The van der Waals surface area contributed by atoms with Crippen molar-refractivity contribution in [2.75, 3.05) is 33.4 Å². The molecular formula is C8H16N2O3. The molecule has 1 amide bonds. The first-order chi connectivity index (χ1) is 6.27. The van der Waals surface area contributed by atoms with Crippen LogP contribution in [0.5, 0.6) is 0 Å². The van der Waals surface area contributed by atoms with Gasteiger partial charge in [0.1, 0.15) is 0 Å². The van der Waals surface area contributed by atoms with Crippen molar-refractivity contribution in [1.29, 1.82) is 0 Å². The molecule has 0 unspecified atom stereocenters. The van der Waals surface area contributed by atoms with Gasteiger partial charge in [-0.15, -0.1) is 0 Å². The molecule has 5 nitrogen and oxygen atoms in total. The van der Waals surface area contributed by atoms with Gasteiger partial charge in [0, 0.05) is 25.7 Å². The molecule has 0 aliphatic carbocycles. The number of rotatable bonds is 4. The largest absolute Gasteiger partial charge is 0.453 e. The van der Waals surface area contributed by atoms with Crippen molar-refractivity contribution in [3.63, 3.8) is 0 Å². The minimum Gasteiger partial charge on any atom is -0.453 e. The first kappa shape index (κ1) is 10.3. The van der Waals surface area contributed by atoms with Crippen LogP contribution < -0.4 is 5.32 Å². The predicted molar refractivity (Wildman–Crippen MR) is 47.5 cm³/mol. The van der Waals surface area contributed by atoms with Crippen molar-refractivity contribution in [2.45, 2.75) is 12.5 Å². The lowest BCUT2D eigenvalue weighted by molar-refractivity contribution is 0.0799. The zero-order valence-electron chi connectivity index (χ0n) is 7.82. The van der Waals surface area contributed by atoms with Crippen LogP contribution in [0.2, 0.25) is 0 Å². The second-order valence-electron chi connectivity index (χ2n) is 3.10. The fourth-order valence-electron chi connectivity index (χ4n) is 1.27. The quantitative estimate of drug-likeness (QED) is 0.579. The van der Waals surface area contributed by atoms with Gasteiger partial charge >= 0.3 is 6.09 Å². The lowest BCUT2D eigenvalue weighted by Crippen LogP contribution is -2.59. The number of hydrogen-bond donors (Lipinski definition) is 2. The highest BCUT2D eigenvalue weighted by Crippen LogP contribution is 2.08. The summed E-state index contributed by atoms with van der Waals surface area (Å²) in [4.78, 5) is 12.5. The average molecular weight is 188 g/mol. The van der Waals surface area contributed by atoms with Gasteiger partial charge in [-0.1, -0.05) is 0 Å². The molecule has 0 bridgehead atoms. The van der Waals surface area contributed by atoms with Gasteiger partial charge < -0.3 is 20.1 Å². The summed E-state index contributed by atoms with van der Waals surface area (Å²) >= 11 is 0. The fourth-order valence-corrected chi connectivity index (χ4v) is 1.27. The molecule has 0 aromatic carbocycles. The summed E-state index contributed by atoms with van der Waals surface area (Å²) in [5, 5.41) is 11.7. The molecule has 0 spiro atoms. The standard InChI is InChI=1S/C8H16N2O3/c1-13-8(12)10-5-7(6-10)9-3-2-4-11/h7,9,11H,2-6H2,1H3. The lowest BCUT2D eigenvalue weighted by atomic mass is 10.1. The normalized spacial score (nSPS) is 16.9. The number of aliphatic hydroxyl groups is 1. The molecule has 1 saturated heterocycles. The van der Waals surface area contributed by atoms with Crippen LogP contribution in [0.15, 0.2) is 0 Å². The number of aliphatic hydroxyl groups excluding tert-OH is 1. The van der Waals surface area contributed by atoms with E-state index in [0.717, 1.165) is 13.0 Å². The van der Waals surface area contributed by atoms with Crippen LogP contribution in [0.25, 0.3) is 0 Å². The fraction of sp³-hybridized carbons (Fsp3) is 0.875. The molecule has 1 fully saturated rings. The monoisotopic (exact) mass is 188 g/mol. The van der Waals surface area contributed by atoms with Gasteiger partial charge in [0.2, 0.25) is 0 Å². The van der Waals surface area contributed by atoms with Crippen molar-refractivity contribution in [3.8, 4) is 0 Å². The number of nitrogens with one attached hydrogen (secondary N) is 1. The second kappa shape index (κ2) is 5.04. The number of amides is 1. The molecule has 1 aliphatic rings. The third-order valence-corrected chi connectivity index (χ3v) is 2.08. The SMILES string of the molecule is COC(=O)N1CC(NCCCO)C1. The highest BCUT2D eigenvalue weighted by atomic mass is 16.5. The number of carbonyl (C=O) groups is 1. The Morgan fingerprint density at radius 2 is 2.38 bits per heavy atom. The maximum atomic E-state index is 10.9. The number of hydrogen-bond acceptors (Lipinski definition) is 4. The van der Waals surface area contributed by atoms with Gasteiger partial charge in [0.05, 0.1) is 7.11 Å². The van der Waals surface area contributed by atoms with Crippen LogP contribution in [0, 0.1) is 0 Å². The molecule has 0 saturated carbocycles. The Morgan fingerprint density at radius 1 is 1.69 bits per heavy atom. The van der Waals surface area contributed by atoms with Gasteiger partial charge in [-0.05, 0) is 13.0 Å². The minimum absolute atomic E-state index is 0.209. The number of likely N-dealkylation sites (tertiary alicyclic amines) is 1. The Morgan fingerprint density at radius 3 is 2.92 bits per heavy atom. The summed E-state index contributed by atoms with van der Waals surface area (Å²) in [6.45, 7) is 2.42. The van der Waals surface area contributed by atoms with Crippen molar-refractivity contribution < 1.29 is 14.6 Å². The number of carbonyl (C=O) groups excluding carboxylic acids is 1. The smallest absolute Gasteiger partial charge is 0.409 e. The topological polar surface area (TPSA) is 61.8 Å². The van der Waals surface area contributed by atoms with E-state index < -0.39 is 0 Å². The van der Waals surface area contributed by atoms with Gasteiger partial charge in [0.15, 0.2) is 0 Å². The summed E-state index contributed by atoms with van der Waals surface area (Å²) in [5.74, 6) is 0. The summed E-state index contributed by atoms with van der Waals surface area (Å²) in [5.41, 5.74) is 0. The third kappa shape index (κ3) is 2.86. The van der Waals surface area contributed by atoms with E-state index in [4.69, 9.17) is 5.11 Å². The van der Waals surface area contributed by atoms with Gasteiger partial charge in [-0.25, -0.2) is 4.79 Å². The van der Waals surface area contributed by atoms with Crippen molar-refractivity contribution in [2.24, 2.45) is 0 Å². The number of nitrogens with zero attached hydrogens (tertiary/aromatic N) is 1. The zero-order chi connectivity index (χ0) is 9.68. The maximum Gasteiger partial charge on any atom is 0.409 e. The highest BCUT2D eigenvalue weighted by Gasteiger charge is 2.30. The molecule has 1 rings (SSSR count). The molecule has 2 N–H and O–H groups in total. The van der Waals surface area contributed by atoms with Crippen molar-refractivity contribution in [3.05, 3.63) is 0 Å². The predicted octanol–water partition coefficient (Wildman–Crippen LogP) is -0.591. The number of ether oxygens (including phenoxy) is 1. The summed E-state index contributed by atoms with van der Waals surface area (Å²) < 4.78 is 4.55. The Labute approximate surface area is 77.7 Å². The Kier molecular flexibility index (Phi) is 3.98. The second-order valence-corrected chi connectivity index (χ2v) is 3.10. The van der Waals surface area contributed by atoms with E-state index in [9.17, 15) is 4.79 Å². The van der Waals surface area contributed by atoms with E-state index in [0.29, 0.717) is 19.1 Å². The molecule has 0 aromatic rings. The third-order valence-electron chi connectivity index (χ3n) is 2.08. The molecule has 0 radical (unpaired) electrons. The van der Waals surface area contributed by atoms with E-state index in [1.807, 2.05) is 0 Å². The minimum atomic E-state index is -0.264. The molecule has 76 valence electrons. The molecule has 13 heavy (non-hydrogen) atoms. The molecule has 1 heterocycles. The van der Waals surface area contributed by atoms with Crippen LogP contribution in [0.3, 0.4) is 0 Å². The van der Waals surface area contributed by atoms with Crippen LogP contribution in [0.4, 0.5) is 4.79 Å². The van der Waals surface area contributed by atoms with E-state index in [1.54, 1.807) is 4.90 Å². The Bertz CT molecular complexity index is 169. The average Bonchev–Trinajstić information content (AvgIpc) is 2.08. The van der Waals surface area contributed by atoms with Crippen LogP contribution in [-0.4, -0.2) is 55.5 Å². The van der Waals surface area contributed by atoms with Crippen LogP contribution in [-0.2, 0) is 4.74 Å². The highest BCUT2D eigenvalue weighted by molar-refractivity contribution is 5.68. The van der Waals surface area contributed by atoms with Gasteiger partial charge in [-0.3, -0.25) is 0 Å². The molecule has 1 aliphatic heterocycles. The van der Waals surface area contributed by atoms with E-state index in [1.165, 1.54) is 7.11 Å². The first-order valence-corrected chi connectivity index (χ1v) is 4.45. The molecular weight excluding hydrogens is 172 g/mol. The van der Waals surface area contributed by atoms with Crippen molar-refractivity contribution >= 4 is 6.09 Å². The summed E-state index contributed by atoms with van der Waals surface area (Å²) in [6, 6.07) is 0.366. The zero-order valence-corrected chi connectivity index (χ0v) is 7.82. The lowest BCUT2D eigenvalue weighted by Gasteiger charge is -2.38. The number of methoxy groups -OCH3 is 1. The Hall–Kier alpha value is -0.810. The molecule has 0 aromatic heterocycles. The van der Waals surface area contributed by atoms with Gasteiger partial charge in [0.25, 0.3) is 0 Å². The summed E-state index contributed by atoms with van der Waals surface area (Å²) in [7, 11) is 1.38. The summed E-state index contributed by atoms with van der Waals surface area (Å²) in [6.07, 6.45) is 0.495. The molecule has 0 atom stereocenters. The Balaban J connectivity index is 2.01.